The smallest absolute Gasteiger partial charge is 0.193 e. The van der Waals surface area contributed by atoms with Gasteiger partial charge in [0.25, 0.3) is 0 Å². The molecular formula is C17H21N3O2. The molecule has 0 heterocycles. The highest BCUT2D eigenvalue weighted by Crippen LogP contribution is 2.16. The van der Waals surface area contributed by atoms with Gasteiger partial charge in [-0.3, -0.25) is 0 Å². The van der Waals surface area contributed by atoms with Crippen LogP contribution >= 0.6 is 0 Å². The molecule has 0 aromatic heterocycles. The summed E-state index contributed by atoms with van der Waals surface area (Å²) in [6.45, 7) is 2.98. The van der Waals surface area contributed by atoms with Gasteiger partial charge in [0.1, 0.15) is 18.1 Å². The second kappa shape index (κ2) is 7.93. The van der Waals surface area contributed by atoms with Crippen LogP contribution in [0.2, 0.25) is 0 Å². The van der Waals surface area contributed by atoms with Crippen molar-refractivity contribution in [1.82, 2.24) is 0 Å². The fourth-order valence-electron chi connectivity index (χ4n) is 1.83. The Kier molecular flexibility index (Phi) is 5.65. The van der Waals surface area contributed by atoms with Crippen molar-refractivity contribution >= 4 is 11.6 Å². The molecule has 0 atom stereocenters. The summed E-state index contributed by atoms with van der Waals surface area (Å²) in [6, 6.07) is 15.4. The number of anilines is 1. The third-order valence-corrected chi connectivity index (χ3v) is 3.03. The van der Waals surface area contributed by atoms with E-state index in [0.29, 0.717) is 19.1 Å². The number of methoxy groups -OCH3 is 1. The summed E-state index contributed by atoms with van der Waals surface area (Å²) in [4.78, 5) is 4.22. The highest BCUT2D eigenvalue weighted by atomic mass is 16.5. The molecule has 0 saturated heterocycles. The molecule has 5 nitrogen and oxygen atoms in total. The maximum atomic E-state index is 5.83. The number of benzene rings is 2. The minimum atomic E-state index is 0.377. The molecule has 5 heteroatoms. The van der Waals surface area contributed by atoms with Gasteiger partial charge in [0.05, 0.1) is 13.7 Å². The molecule has 2 aromatic rings. The van der Waals surface area contributed by atoms with Crippen LogP contribution in [-0.2, 0) is 0 Å². The molecule has 116 valence electrons. The Bertz CT molecular complexity index is 607. The molecule has 0 spiro atoms. The number of guanidine groups is 1. The van der Waals surface area contributed by atoms with E-state index in [4.69, 9.17) is 15.2 Å². The zero-order valence-electron chi connectivity index (χ0n) is 12.9. The molecule has 0 radical (unpaired) electrons. The quantitative estimate of drug-likeness (QED) is 0.489. The number of nitrogens with zero attached hydrogens (tertiary/aromatic N) is 1. The second-order valence-corrected chi connectivity index (χ2v) is 4.78. The summed E-state index contributed by atoms with van der Waals surface area (Å²) in [6.07, 6.45) is 0. The van der Waals surface area contributed by atoms with E-state index in [1.807, 2.05) is 55.5 Å². The van der Waals surface area contributed by atoms with Crippen LogP contribution in [0.15, 0.2) is 53.5 Å². The van der Waals surface area contributed by atoms with Gasteiger partial charge in [0.15, 0.2) is 5.96 Å². The molecule has 0 amide bonds. The Balaban J connectivity index is 1.75. The lowest BCUT2D eigenvalue weighted by molar-refractivity contribution is 0.327. The molecule has 2 aromatic carbocycles. The molecule has 0 saturated carbocycles. The summed E-state index contributed by atoms with van der Waals surface area (Å²) in [7, 11) is 1.63. The van der Waals surface area contributed by atoms with Crippen LogP contribution < -0.4 is 20.5 Å². The number of nitrogens with two attached hydrogens (primary N) is 1. The number of hydrogen-bond donors (Lipinski definition) is 2. The first kappa shape index (κ1) is 15.7. The largest absolute Gasteiger partial charge is 0.497 e. The average Bonchev–Trinajstić information content (AvgIpc) is 2.54. The molecule has 2 rings (SSSR count). The first-order chi connectivity index (χ1) is 10.7. The molecule has 0 aliphatic rings. The van der Waals surface area contributed by atoms with E-state index in [0.717, 1.165) is 17.2 Å². The fourth-order valence-corrected chi connectivity index (χ4v) is 1.83. The van der Waals surface area contributed by atoms with Crippen molar-refractivity contribution in [2.75, 3.05) is 25.6 Å². The lowest BCUT2D eigenvalue weighted by Gasteiger charge is -2.07. The Morgan fingerprint density at radius 2 is 1.68 bits per heavy atom. The summed E-state index contributed by atoms with van der Waals surface area (Å²) < 4.78 is 10.7. The summed E-state index contributed by atoms with van der Waals surface area (Å²) in [5.41, 5.74) is 7.95. The van der Waals surface area contributed by atoms with E-state index in [2.05, 4.69) is 10.3 Å². The number of ether oxygens (including phenoxy) is 2. The van der Waals surface area contributed by atoms with E-state index in [1.54, 1.807) is 7.11 Å². The predicted molar refractivity (Wildman–Crippen MR) is 89.8 cm³/mol. The van der Waals surface area contributed by atoms with E-state index in [9.17, 15) is 0 Å². The Morgan fingerprint density at radius 3 is 2.32 bits per heavy atom. The van der Waals surface area contributed by atoms with Crippen molar-refractivity contribution in [3.8, 4) is 11.5 Å². The lowest BCUT2D eigenvalue weighted by atomic mass is 10.2. The zero-order valence-corrected chi connectivity index (χ0v) is 12.9. The van der Waals surface area contributed by atoms with Gasteiger partial charge >= 0.3 is 0 Å². The molecule has 0 unspecified atom stereocenters. The van der Waals surface area contributed by atoms with Crippen molar-refractivity contribution in [1.29, 1.82) is 0 Å². The fraction of sp³-hybridized carbons (Fsp3) is 0.235. The maximum absolute atomic E-state index is 5.83. The zero-order chi connectivity index (χ0) is 15.8. The predicted octanol–water partition coefficient (Wildman–Crippen LogP) is 2.81. The van der Waals surface area contributed by atoms with Gasteiger partial charge in [-0.1, -0.05) is 17.7 Å². The second-order valence-electron chi connectivity index (χ2n) is 4.78. The van der Waals surface area contributed by atoms with Crippen LogP contribution in [0.4, 0.5) is 5.69 Å². The van der Waals surface area contributed by atoms with Gasteiger partial charge in [-0.15, -0.1) is 0 Å². The monoisotopic (exact) mass is 299 g/mol. The summed E-state index contributed by atoms with van der Waals surface area (Å²) in [5, 5.41) is 3.04. The van der Waals surface area contributed by atoms with Gasteiger partial charge in [-0.2, -0.15) is 0 Å². The van der Waals surface area contributed by atoms with Crippen LogP contribution in [0.5, 0.6) is 11.5 Å². The first-order valence-corrected chi connectivity index (χ1v) is 7.08. The van der Waals surface area contributed by atoms with Gasteiger partial charge in [0.2, 0.25) is 0 Å². The van der Waals surface area contributed by atoms with Gasteiger partial charge in [-0.05, 0) is 43.3 Å². The Hall–Kier alpha value is -2.69. The van der Waals surface area contributed by atoms with Crippen LogP contribution in [0, 0.1) is 6.92 Å². The SMILES string of the molecule is COc1ccc(OCCN=C(N)Nc2ccc(C)cc2)cc1. The Labute approximate surface area is 130 Å². The molecular weight excluding hydrogens is 278 g/mol. The van der Waals surface area contributed by atoms with E-state index in [-0.39, 0.29) is 0 Å². The highest BCUT2D eigenvalue weighted by Gasteiger charge is 1.96. The van der Waals surface area contributed by atoms with Crippen LogP contribution in [0.1, 0.15) is 5.56 Å². The Morgan fingerprint density at radius 1 is 1.05 bits per heavy atom. The molecule has 3 N–H and O–H groups in total. The van der Waals surface area contributed by atoms with Crippen LogP contribution in [0.3, 0.4) is 0 Å². The molecule has 0 aliphatic carbocycles. The summed E-state index contributed by atoms with van der Waals surface area (Å²) in [5.74, 6) is 1.96. The number of aliphatic imine (C=N–C) groups is 1. The third-order valence-electron chi connectivity index (χ3n) is 3.03. The van der Waals surface area contributed by atoms with Crippen LogP contribution in [-0.4, -0.2) is 26.2 Å². The molecule has 22 heavy (non-hydrogen) atoms. The van der Waals surface area contributed by atoms with Crippen molar-refractivity contribution < 1.29 is 9.47 Å². The highest BCUT2D eigenvalue weighted by molar-refractivity contribution is 5.92. The first-order valence-electron chi connectivity index (χ1n) is 7.08. The van der Waals surface area contributed by atoms with Crippen LogP contribution in [0.25, 0.3) is 0 Å². The van der Waals surface area contributed by atoms with E-state index in [1.165, 1.54) is 5.56 Å². The van der Waals surface area contributed by atoms with E-state index < -0.39 is 0 Å². The number of nitrogens with one attached hydrogen (secondary N) is 1. The normalized spacial score (nSPS) is 11.1. The van der Waals surface area contributed by atoms with Crippen molar-refractivity contribution in [2.24, 2.45) is 10.7 Å². The minimum absolute atomic E-state index is 0.377. The lowest BCUT2D eigenvalue weighted by Crippen LogP contribution is -2.23. The topological polar surface area (TPSA) is 68.9 Å². The molecule has 0 fully saturated rings. The minimum Gasteiger partial charge on any atom is -0.497 e. The van der Waals surface area contributed by atoms with Gasteiger partial charge in [0, 0.05) is 5.69 Å². The number of rotatable bonds is 6. The molecule has 0 aliphatic heterocycles. The molecule has 0 bridgehead atoms. The summed E-state index contributed by atoms with van der Waals surface area (Å²) >= 11 is 0. The average molecular weight is 299 g/mol. The number of aryl methyl sites for hydroxylation is 1. The standard InChI is InChI=1S/C17H21N3O2/c1-13-3-5-14(6-4-13)20-17(18)19-11-12-22-16-9-7-15(21-2)8-10-16/h3-10H,11-12H2,1-2H3,(H3,18,19,20). The van der Waals surface area contributed by atoms with Gasteiger partial charge < -0.3 is 20.5 Å². The maximum Gasteiger partial charge on any atom is 0.193 e. The van der Waals surface area contributed by atoms with Crippen molar-refractivity contribution in [2.45, 2.75) is 6.92 Å². The van der Waals surface area contributed by atoms with E-state index >= 15 is 0 Å². The van der Waals surface area contributed by atoms with Crippen molar-refractivity contribution in [3.63, 3.8) is 0 Å². The van der Waals surface area contributed by atoms with Crippen molar-refractivity contribution in [3.05, 3.63) is 54.1 Å². The van der Waals surface area contributed by atoms with Gasteiger partial charge in [-0.25, -0.2) is 4.99 Å². The third kappa shape index (κ3) is 5.01. The number of hydrogen-bond acceptors (Lipinski definition) is 3.